The zero-order chi connectivity index (χ0) is 9.68. The molecule has 13 heavy (non-hydrogen) atoms. The van der Waals surface area contributed by atoms with Gasteiger partial charge in [-0.05, 0) is 19.3 Å². The molecule has 0 spiro atoms. The fraction of sp³-hybridized carbons (Fsp3) is 0.778. The molecular weight excluding hydrogens is 170 g/mol. The Kier molecular flexibility index (Phi) is 3.71. The summed E-state index contributed by atoms with van der Waals surface area (Å²) in [6.45, 7) is 2.60. The van der Waals surface area contributed by atoms with Crippen molar-refractivity contribution < 1.29 is 14.3 Å². The lowest BCUT2D eigenvalue weighted by Gasteiger charge is -2.26. The third kappa shape index (κ3) is 2.71. The van der Waals surface area contributed by atoms with Crippen LogP contribution in [0.15, 0.2) is 0 Å². The summed E-state index contributed by atoms with van der Waals surface area (Å²) in [6, 6.07) is 0. The predicted octanol–water partition coefficient (Wildman–Crippen LogP) is 1.22. The monoisotopic (exact) mass is 183 g/mol. The molecule has 1 aliphatic rings. The van der Waals surface area contributed by atoms with E-state index in [0.717, 1.165) is 6.42 Å². The Bertz CT molecular complexity index is 221. The van der Waals surface area contributed by atoms with Crippen LogP contribution in [0.3, 0.4) is 0 Å². The lowest BCUT2D eigenvalue weighted by molar-refractivity contribution is -0.147. The zero-order valence-electron chi connectivity index (χ0n) is 7.66. The first kappa shape index (κ1) is 10.0. The topological polar surface area (TPSA) is 59.3 Å². The molecule has 4 heteroatoms. The number of nitrogens with zero attached hydrogens (tertiary/aromatic N) is 1. The van der Waals surface area contributed by atoms with Gasteiger partial charge in [0.15, 0.2) is 0 Å². The number of esters is 1. The zero-order valence-corrected chi connectivity index (χ0v) is 7.66. The number of carbonyl (C=O) groups excluding carboxylic acids is 1. The van der Waals surface area contributed by atoms with Crippen LogP contribution in [0.25, 0.3) is 0 Å². The summed E-state index contributed by atoms with van der Waals surface area (Å²) in [5.41, 5.74) is 0. The molecule has 0 radical (unpaired) electrons. The first-order valence-corrected chi connectivity index (χ1v) is 4.49. The SMILES string of the molecule is CC[C@H]1C[C@H](C(=O)OC#N)CCO1. The van der Waals surface area contributed by atoms with Crippen molar-refractivity contribution in [3.8, 4) is 6.26 Å². The highest BCUT2D eigenvalue weighted by molar-refractivity contribution is 5.73. The summed E-state index contributed by atoms with van der Waals surface area (Å²) < 4.78 is 9.68. The number of nitriles is 1. The van der Waals surface area contributed by atoms with Crippen LogP contribution in [0.2, 0.25) is 0 Å². The molecule has 1 heterocycles. The number of rotatable bonds is 2. The van der Waals surface area contributed by atoms with Gasteiger partial charge >= 0.3 is 5.97 Å². The van der Waals surface area contributed by atoms with Crippen LogP contribution < -0.4 is 0 Å². The Morgan fingerprint density at radius 1 is 1.77 bits per heavy atom. The number of ether oxygens (including phenoxy) is 2. The molecule has 1 aliphatic heterocycles. The molecule has 0 saturated carbocycles. The van der Waals surface area contributed by atoms with Crippen molar-refractivity contribution in [2.24, 2.45) is 5.92 Å². The van der Waals surface area contributed by atoms with Gasteiger partial charge in [-0.1, -0.05) is 6.92 Å². The third-order valence-electron chi connectivity index (χ3n) is 2.30. The first-order chi connectivity index (χ1) is 6.27. The largest absolute Gasteiger partial charge is 0.378 e. The minimum atomic E-state index is -0.413. The van der Waals surface area contributed by atoms with E-state index < -0.39 is 5.97 Å². The lowest BCUT2D eigenvalue weighted by atomic mass is 9.95. The van der Waals surface area contributed by atoms with Gasteiger partial charge in [0.1, 0.15) is 0 Å². The molecule has 0 aliphatic carbocycles. The van der Waals surface area contributed by atoms with Gasteiger partial charge in [0.2, 0.25) is 0 Å². The molecule has 4 nitrogen and oxygen atoms in total. The molecule has 1 saturated heterocycles. The summed E-state index contributed by atoms with van der Waals surface area (Å²) in [7, 11) is 0. The Morgan fingerprint density at radius 3 is 3.15 bits per heavy atom. The van der Waals surface area contributed by atoms with Crippen LogP contribution in [-0.2, 0) is 14.3 Å². The molecule has 1 fully saturated rings. The van der Waals surface area contributed by atoms with E-state index in [1.165, 1.54) is 6.26 Å². The van der Waals surface area contributed by atoms with E-state index in [1.54, 1.807) is 0 Å². The van der Waals surface area contributed by atoms with Crippen LogP contribution in [0, 0.1) is 17.4 Å². The highest BCUT2D eigenvalue weighted by atomic mass is 16.5. The number of hydrogen-bond donors (Lipinski definition) is 0. The maximum atomic E-state index is 11.2. The number of carbonyl (C=O) groups is 1. The maximum absolute atomic E-state index is 11.2. The molecule has 0 unspecified atom stereocenters. The van der Waals surface area contributed by atoms with Crippen molar-refractivity contribution in [3.05, 3.63) is 0 Å². The fourth-order valence-corrected chi connectivity index (χ4v) is 1.51. The first-order valence-electron chi connectivity index (χ1n) is 4.49. The molecule has 0 aromatic rings. The summed E-state index contributed by atoms with van der Waals surface area (Å²) in [5, 5.41) is 8.17. The highest BCUT2D eigenvalue weighted by Gasteiger charge is 2.28. The van der Waals surface area contributed by atoms with Crippen molar-refractivity contribution in [2.45, 2.75) is 32.3 Å². The van der Waals surface area contributed by atoms with E-state index in [0.29, 0.717) is 19.4 Å². The molecule has 0 amide bonds. The van der Waals surface area contributed by atoms with Crippen molar-refractivity contribution in [1.29, 1.82) is 5.26 Å². The van der Waals surface area contributed by atoms with E-state index in [9.17, 15) is 4.79 Å². The molecule has 1 rings (SSSR count). The second-order valence-corrected chi connectivity index (χ2v) is 3.13. The predicted molar refractivity (Wildman–Crippen MR) is 44.5 cm³/mol. The Hall–Kier alpha value is -1.08. The van der Waals surface area contributed by atoms with Crippen molar-refractivity contribution in [2.75, 3.05) is 6.61 Å². The Labute approximate surface area is 77.4 Å². The molecule has 0 bridgehead atoms. The van der Waals surface area contributed by atoms with Gasteiger partial charge in [-0.2, -0.15) is 0 Å². The average molecular weight is 183 g/mol. The van der Waals surface area contributed by atoms with Crippen molar-refractivity contribution >= 4 is 5.97 Å². The molecule has 2 atom stereocenters. The van der Waals surface area contributed by atoms with Crippen LogP contribution in [0.1, 0.15) is 26.2 Å². The van der Waals surface area contributed by atoms with Gasteiger partial charge in [-0.3, -0.25) is 4.79 Å². The summed E-state index contributed by atoms with van der Waals surface area (Å²) >= 11 is 0. The minimum Gasteiger partial charge on any atom is -0.378 e. The van der Waals surface area contributed by atoms with E-state index in [-0.39, 0.29) is 12.0 Å². The summed E-state index contributed by atoms with van der Waals surface area (Å²) in [4.78, 5) is 11.2. The number of hydrogen-bond acceptors (Lipinski definition) is 4. The standard InChI is InChI=1S/C9H13NO3/c1-2-8-5-7(3-4-12-8)9(11)13-6-10/h7-8H,2-5H2,1H3/t7-,8+/m1/s1. The van der Waals surface area contributed by atoms with E-state index in [2.05, 4.69) is 4.74 Å². The summed E-state index contributed by atoms with van der Waals surface area (Å²) in [6.07, 6.45) is 3.79. The Balaban J connectivity index is 2.42. The molecule has 0 N–H and O–H groups in total. The van der Waals surface area contributed by atoms with Crippen LogP contribution >= 0.6 is 0 Å². The van der Waals surface area contributed by atoms with Crippen molar-refractivity contribution in [1.82, 2.24) is 0 Å². The quantitative estimate of drug-likeness (QED) is 0.477. The lowest BCUT2D eigenvalue weighted by Crippen LogP contribution is -2.30. The molecular formula is C9H13NO3. The summed E-state index contributed by atoms with van der Waals surface area (Å²) in [5.74, 6) is -0.567. The minimum absolute atomic E-state index is 0.144. The second kappa shape index (κ2) is 4.83. The van der Waals surface area contributed by atoms with Gasteiger partial charge in [-0.15, -0.1) is 5.26 Å². The Morgan fingerprint density at radius 2 is 2.54 bits per heavy atom. The molecule has 0 aromatic heterocycles. The van der Waals surface area contributed by atoms with E-state index >= 15 is 0 Å². The van der Waals surface area contributed by atoms with Crippen LogP contribution in [0.5, 0.6) is 0 Å². The van der Waals surface area contributed by atoms with Gasteiger partial charge in [-0.25, -0.2) is 0 Å². The van der Waals surface area contributed by atoms with Gasteiger partial charge < -0.3 is 9.47 Å². The van der Waals surface area contributed by atoms with Crippen molar-refractivity contribution in [3.63, 3.8) is 0 Å². The van der Waals surface area contributed by atoms with Crippen LogP contribution in [0.4, 0.5) is 0 Å². The van der Waals surface area contributed by atoms with Crippen LogP contribution in [-0.4, -0.2) is 18.7 Å². The second-order valence-electron chi connectivity index (χ2n) is 3.13. The smallest absolute Gasteiger partial charge is 0.324 e. The van der Waals surface area contributed by atoms with E-state index in [1.807, 2.05) is 6.92 Å². The van der Waals surface area contributed by atoms with E-state index in [4.69, 9.17) is 10.00 Å². The molecule has 72 valence electrons. The third-order valence-corrected chi connectivity index (χ3v) is 2.30. The van der Waals surface area contributed by atoms with Gasteiger partial charge in [0.05, 0.1) is 12.0 Å². The fourth-order valence-electron chi connectivity index (χ4n) is 1.51. The average Bonchev–Trinajstić information content (AvgIpc) is 2.18. The normalized spacial score (nSPS) is 27.7. The highest BCUT2D eigenvalue weighted by Crippen LogP contribution is 2.22. The van der Waals surface area contributed by atoms with Gasteiger partial charge in [0.25, 0.3) is 6.26 Å². The maximum Gasteiger partial charge on any atom is 0.324 e. The molecule has 0 aromatic carbocycles. The van der Waals surface area contributed by atoms with Gasteiger partial charge in [0, 0.05) is 6.61 Å².